The van der Waals surface area contributed by atoms with E-state index in [-0.39, 0.29) is 22.8 Å². The number of aromatic amines is 1. The summed E-state index contributed by atoms with van der Waals surface area (Å²) in [6.07, 6.45) is 10.6. The lowest BCUT2D eigenvalue weighted by molar-refractivity contribution is 0.0470. The van der Waals surface area contributed by atoms with E-state index in [4.69, 9.17) is 0 Å². The number of aromatic nitrogens is 1. The number of hydrogen-bond acceptors (Lipinski definition) is 3. The quantitative estimate of drug-likeness (QED) is 0.852. The van der Waals surface area contributed by atoms with Crippen LogP contribution in [0.25, 0.3) is 0 Å². The second-order valence-corrected chi connectivity index (χ2v) is 8.03. The lowest BCUT2D eigenvalue weighted by Crippen LogP contribution is -2.45. The van der Waals surface area contributed by atoms with Crippen molar-refractivity contribution in [3.63, 3.8) is 0 Å². The SMILES string of the molecule is O=C1CCCc2[nH]c(=O)c(C(=O)N3CCC4(CCCCC4)CC3)cc21. The Balaban J connectivity index is 1.53. The maximum absolute atomic E-state index is 12.9. The number of rotatable bonds is 1. The van der Waals surface area contributed by atoms with Gasteiger partial charge in [-0.15, -0.1) is 0 Å². The standard InChI is InChI=1S/C20H26N2O3/c23-17-6-4-5-16-14(17)13-15(18(24)21-16)19(25)22-11-9-20(10-12-22)7-2-1-3-8-20/h13H,1-12H2,(H,21,24). The van der Waals surface area contributed by atoms with Gasteiger partial charge in [-0.1, -0.05) is 19.3 Å². The molecule has 3 aliphatic rings. The second-order valence-electron chi connectivity index (χ2n) is 8.03. The molecule has 2 heterocycles. The second kappa shape index (κ2) is 6.43. The van der Waals surface area contributed by atoms with E-state index in [2.05, 4.69) is 4.98 Å². The number of H-pyrrole nitrogens is 1. The van der Waals surface area contributed by atoms with Gasteiger partial charge in [-0.3, -0.25) is 14.4 Å². The fourth-order valence-electron chi connectivity index (χ4n) is 4.89. The molecule has 0 radical (unpaired) electrons. The Bertz CT molecular complexity index is 749. The van der Waals surface area contributed by atoms with Crippen LogP contribution in [0.3, 0.4) is 0 Å². The molecule has 1 N–H and O–H groups in total. The zero-order valence-corrected chi connectivity index (χ0v) is 14.7. The highest BCUT2D eigenvalue weighted by molar-refractivity contribution is 6.01. The summed E-state index contributed by atoms with van der Waals surface area (Å²) in [7, 11) is 0. The fourth-order valence-corrected chi connectivity index (χ4v) is 4.89. The highest BCUT2D eigenvalue weighted by Crippen LogP contribution is 2.44. The molecule has 1 amide bonds. The maximum Gasteiger partial charge on any atom is 0.261 e. The van der Waals surface area contributed by atoms with Gasteiger partial charge in [0.15, 0.2) is 5.78 Å². The lowest BCUT2D eigenvalue weighted by Gasteiger charge is -2.44. The number of nitrogens with one attached hydrogen (secondary N) is 1. The third kappa shape index (κ3) is 3.05. The molecule has 0 atom stereocenters. The van der Waals surface area contributed by atoms with Crippen molar-refractivity contribution in [2.45, 2.75) is 64.2 Å². The predicted octanol–water partition coefficient (Wildman–Crippen LogP) is 3.08. The molecule has 5 nitrogen and oxygen atoms in total. The third-order valence-electron chi connectivity index (χ3n) is 6.51. The molecule has 2 fully saturated rings. The number of Topliss-reactive ketones (excluding diaryl/α,β-unsaturated/α-hetero) is 1. The average molecular weight is 342 g/mol. The summed E-state index contributed by atoms with van der Waals surface area (Å²) in [6, 6.07) is 1.54. The van der Waals surface area contributed by atoms with Gasteiger partial charge in [0.2, 0.25) is 0 Å². The first-order valence-corrected chi connectivity index (χ1v) is 9.67. The Morgan fingerprint density at radius 1 is 0.960 bits per heavy atom. The zero-order chi connectivity index (χ0) is 17.4. The smallest absolute Gasteiger partial charge is 0.261 e. The van der Waals surface area contributed by atoms with E-state index in [1.165, 1.54) is 32.1 Å². The van der Waals surface area contributed by atoms with Crippen LogP contribution in [0.1, 0.15) is 84.2 Å². The van der Waals surface area contributed by atoms with Crippen LogP contribution in [0.4, 0.5) is 0 Å². The summed E-state index contributed by atoms with van der Waals surface area (Å²) in [5.41, 5.74) is 1.44. The Kier molecular flexibility index (Phi) is 4.26. The number of amides is 1. The molecule has 0 bridgehead atoms. The van der Waals surface area contributed by atoms with Crippen LogP contribution < -0.4 is 5.56 Å². The van der Waals surface area contributed by atoms with E-state index in [1.807, 2.05) is 4.90 Å². The monoisotopic (exact) mass is 342 g/mol. The van der Waals surface area contributed by atoms with Crippen molar-refractivity contribution < 1.29 is 9.59 Å². The van der Waals surface area contributed by atoms with Crippen LogP contribution in [-0.4, -0.2) is 34.7 Å². The molecule has 134 valence electrons. The lowest BCUT2D eigenvalue weighted by atomic mass is 9.68. The number of carbonyl (C=O) groups excluding carboxylic acids is 2. The number of likely N-dealkylation sites (tertiary alicyclic amines) is 1. The Morgan fingerprint density at radius 2 is 1.68 bits per heavy atom. The van der Waals surface area contributed by atoms with E-state index in [1.54, 1.807) is 6.07 Å². The minimum absolute atomic E-state index is 0.0337. The minimum atomic E-state index is -0.351. The van der Waals surface area contributed by atoms with Crippen LogP contribution in [0, 0.1) is 5.41 Å². The first kappa shape index (κ1) is 16.6. The van der Waals surface area contributed by atoms with Crippen molar-refractivity contribution in [1.82, 2.24) is 9.88 Å². The largest absolute Gasteiger partial charge is 0.338 e. The van der Waals surface area contributed by atoms with Gasteiger partial charge >= 0.3 is 0 Å². The van der Waals surface area contributed by atoms with Crippen molar-refractivity contribution in [1.29, 1.82) is 0 Å². The Labute approximate surface area is 147 Å². The highest BCUT2D eigenvalue weighted by Gasteiger charge is 2.37. The predicted molar refractivity (Wildman–Crippen MR) is 95.0 cm³/mol. The fraction of sp³-hybridized carbons (Fsp3) is 0.650. The number of pyridine rings is 1. The van der Waals surface area contributed by atoms with E-state index in [9.17, 15) is 14.4 Å². The van der Waals surface area contributed by atoms with Gasteiger partial charge in [0.25, 0.3) is 11.5 Å². The molecular formula is C20H26N2O3. The average Bonchev–Trinajstić information content (AvgIpc) is 2.62. The molecule has 2 aliphatic carbocycles. The summed E-state index contributed by atoms with van der Waals surface area (Å²) in [5.74, 6) is -0.181. The topological polar surface area (TPSA) is 70.2 Å². The van der Waals surface area contributed by atoms with Crippen molar-refractivity contribution in [3.8, 4) is 0 Å². The third-order valence-corrected chi connectivity index (χ3v) is 6.51. The number of aryl methyl sites for hydroxylation is 1. The summed E-state index contributed by atoms with van der Waals surface area (Å²) >= 11 is 0. The summed E-state index contributed by atoms with van der Waals surface area (Å²) < 4.78 is 0. The van der Waals surface area contributed by atoms with Crippen LogP contribution in [-0.2, 0) is 6.42 Å². The zero-order valence-electron chi connectivity index (χ0n) is 14.7. The number of piperidine rings is 1. The van der Waals surface area contributed by atoms with Crippen molar-refractivity contribution in [3.05, 3.63) is 33.2 Å². The minimum Gasteiger partial charge on any atom is -0.338 e. The molecule has 1 saturated carbocycles. The number of fused-ring (bicyclic) bond motifs is 1. The molecule has 1 aromatic heterocycles. The number of nitrogens with zero attached hydrogens (tertiary/aromatic N) is 1. The molecule has 0 aromatic carbocycles. The normalized spacial score (nSPS) is 22.7. The van der Waals surface area contributed by atoms with E-state index in [0.717, 1.165) is 32.4 Å². The first-order valence-electron chi connectivity index (χ1n) is 9.67. The van der Waals surface area contributed by atoms with Gasteiger partial charge in [-0.25, -0.2) is 0 Å². The van der Waals surface area contributed by atoms with Gasteiger partial charge < -0.3 is 9.88 Å². The van der Waals surface area contributed by atoms with Crippen molar-refractivity contribution >= 4 is 11.7 Å². The van der Waals surface area contributed by atoms with Crippen LogP contribution in [0.2, 0.25) is 0 Å². The van der Waals surface area contributed by atoms with Gasteiger partial charge in [-0.2, -0.15) is 0 Å². The molecular weight excluding hydrogens is 316 g/mol. The maximum atomic E-state index is 12.9. The van der Waals surface area contributed by atoms with Gasteiger partial charge in [0, 0.05) is 30.8 Å². The number of hydrogen-bond donors (Lipinski definition) is 1. The van der Waals surface area contributed by atoms with Crippen LogP contribution in [0.5, 0.6) is 0 Å². The van der Waals surface area contributed by atoms with Crippen LogP contribution in [0.15, 0.2) is 10.9 Å². The van der Waals surface area contributed by atoms with Gasteiger partial charge in [0.1, 0.15) is 5.56 Å². The summed E-state index contributed by atoms with van der Waals surface area (Å²) in [5, 5.41) is 0. The molecule has 5 heteroatoms. The Hall–Kier alpha value is -1.91. The number of ketones is 1. The number of carbonyl (C=O) groups is 2. The van der Waals surface area contributed by atoms with E-state index >= 15 is 0 Å². The van der Waals surface area contributed by atoms with Crippen LogP contribution >= 0.6 is 0 Å². The molecule has 1 aliphatic heterocycles. The molecule has 0 unspecified atom stereocenters. The molecule has 1 saturated heterocycles. The van der Waals surface area contributed by atoms with Gasteiger partial charge in [0.05, 0.1) is 0 Å². The molecule has 4 rings (SSSR count). The van der Waals surface area contributed by atoms with Gasteiger partial charge in [-0.05, 0) is 50.0 Å². The van der Waals surface area contributed by atoms with E-state index < -0.39 is 0 Å². The van der Waals surface area contributed by atoms with E-state index in [0.29, 0.717) is 29.5 Å². The molecule has 1 spiro atoms. The molecule has 25 heavy (non-hydrogen) atoms. The summed E-state index contributed by atoms with van der Waals surface area (Å²) in [6.45, 7) is 1.45. The Morgan fingerprint density at radius 3 is 2.40 bits per heavy atom. The molecule has 1 aromatic rings. The van der Waals surface area contributed by atoms with Crippen molar-refractivity contribution in [2.24, 2.45) is 5.41 Å². The first-order chi connectivity index (χ1) is 12.1. The summed E-state index contributed by atoms with van der Waals surface area (Å²) in [4.78, 5) is 41.9. The highest BCUT2D eigenvalue weighted by atomic mass is 16.2. The van der Waals surface area contributed by atoms with Crippen molar-refractivity contribution in [2.75, 3.05) is 13.1 Å².